The molecule has 40 heavy (non-hydrogen) atoms. The maximum atomic E-state index is 13.6. The molecule has 8 nitrogen and oxygen atoms in total. The number of thioether (sulfide) groups is 1. The zero-order chi connectivity index (χ0) is 27.6. The molecule has 0 radical (unpaired) electrons. The number of rotatable bonds is 6. The number of carbonyl (C=O) groups is 2. The monoisotopic (exact) mass is 548 g/mol. The predicted molar refractivity (Wildman–Crippen MR) is 155 cm³/mol. The minimum Gasteiger partial charge on any atom is -0.497 e. The van der Waals surface area contributed by atoms with Crippen LogP contribution in [0.4, 0.5) is 0 Å². The highest BCUT2D eigenvalue weighted by Gasteiger charge is 2.34. The molecule has 0 spiro atoms. The van der Waals surface area contributed by atoms with Crippen molar-refractivity contribution >= 4 is 34.5 Å². The molecule has 2 amide bonds. The van der Waals surface area contributed by atoms with E-state index in [1.807, 2.05) is 72.8 Å². The third-order valence-electron chi connectivity index (χ3n) is 6.69. The number of aromatic nitrogens is 2. The Bertz CT molecular complexity index is 1770. The Morgan fingerprint density at radius 1 is 0.900 bits per heavy atom. The number of carbonyl (C=O) groups excluding carboxylic acids is 2. The van der Waals surface area contributed by atoms with Gasteiger partial charge in [0.2, 0.25) is 0 Å². The number of benzene rings is 4. The summed E-state index contributed by atoms with van der Waals surface area (Å²) in [6.45, 7) is 0. The normalized spacial score (nSPS) is 14.9. The summed E-state index contributed by atoms with van der Waals surface area (Å²) < 4.78 is 6.78. The van der Waals surface area contributed by atoms with Crippen molar-refractivity contribution in [2.45, 2.75) is 5.37 Å². The SMILES string of the molecule is COc1ccc(C2SCC(=O)N2NC(=O)c2ccc(-n3c(-c4ccccc4)nc4ccccc4c3=O)cc2)cc1. The van der Waals surface area contributed by atoms with E-state index in [9.17, 15) is 14.4 Å². The van der Waals surface area contributed by atoms with Gasteiger partial charge in [-0.25, -0.2) is 9.99 Å². The van der Waals surface area contributed by atoms with Crippen LogP contribution in [0.3, 0.4) is 0 Å². The van der Waals surface area contributed by atoms with E-state index in [-0.39, 0.29) is 22.6 Å². The lowest BCUT2D eigenvalue weighted by molar-refractivity contribution is -0.130. The van der Waals surface area contributed by atoms with Gasteiger partial charge in [0.25, 0.3) is 17.4 Å². The van der Waals surface area contributed by atoms with E-state index < -0.39 is 5.91 Å². The second-order valence-corrected chi connectivity index (χ2v) is 10.2. The number of hydrazine groups is 1. The van der Waals surface area contributed by atoms with Crippen molar-refractivity contribution in [3.05, 3.63) is 125 Å². The predicted octanol–water partition coefficient (Wildman–Crippen LogP) is 4.98. The lowest BCUT2D eigenvalue weighted by Crippen LogP contribution is -2.44. The first-order chi connectivity index (χ1) is 19.5. The van der Waals surface area contributed by atoms with Crippen molar-refractivity contribution in [3.63, 3.8) is 0 Å². The molecular weight excluding hydrogens is 524 g/mol. The minimum atomic E-state index is -0.423. The topological polar surface area (TPSA) is 93.5 Å². The summed E-state index contributed by atoms with van der Waals surface area (Å²) in [7, 11) is 1.59. The Hall–Kier alpha value is -4.89. The first-order valence-electron chi connectivity index (χ1n) is 12.6. The molecule has 1 aliphatic rings. The molecule has 5 aromatic rings. The average Bonchev–Trinajstić information content (AvgIpc) is 3.37. The zero-order valence-electron chi connectivity index (χ0n) is 21.5. The second-order valence-electron chi connectivity index (χ2n) is 9.15. The highest BCUT2D eigenvalue weighted by atomic mass is 32.2. The summed E-state index contributed by atoms with van der Waals surface area (Å²) in [4.78, 5) is 44.2. The van der Waals surface area contributed by atoms with Crippen LogP contribution < -0.4 is 15.7 Å². The maximum Gasteiger partial charge on any atom is 0.269 e. The van der Waals surface area contributed by atoms with Crippen molar-refractivity contribution in [1.82, 2.24) is 20.0 Å². The van der Waals surface area contributed by atoms with Gasteiger partial charge in [-0.15, -0.1) is 11.8 Å². The van der Waals surface area contributed by atoms with Crippen LogP contribution >= 0.6 is 11.8 Å². The Kier molecular flexibility index (Phi) is 6.79. The molecular formula is C31H24N4O4S. The van der Waals surface area contributed by atoms with Gasteiger partial charge in [-0.3, -0.25) is 24.4 Å². The van der Waals surface area contributed by atoms with Crippen LogP contribution in [0.5, 0.6) is 5.75 Å². The molecule has 9 heteroatoms. The summed E-state index contributed by atoms with van der Waals surface area (Å²) >= 11 is 1.44. The fourth-order valence-electron chi connectivity index (χ4n) is 4.65. The minimum absolute atomic E-state index is 0.183. The van der Waals surface area contributed by atoms with Crippen LogP contribution in [0.2, 0.25) is 0 Å². The third-order valence-corrected chi connectivity index (χ3v) is 7.90. The van der Waals surface area contributed by atoms with Gasteiger partial charge in [0.1, 0.15) is 16.9 Å². The maximum absolute atomic E-state index is 13.6. The van der Waals surface area contributed by atoms with E-state index in [2.05, 4.69) is 5.43 Å². The molecule has 1 aromatic heterocycles. The Morgan fingerprint density at radius 2 is 1.60 bits per heavy atom. The summed E-state index contributed by atoms with van der Waals surface area (Å²) in [5.41, 5.74) is 5.77. The first kappa shape index (κ1) is 25.4. The van der Waals surface area contributed by atoms with E-state index in [1.54, 1.807) is 42.0 Å². The molecule has 1 fully saturated rings. The van der Waals surface area contributed by atoms with E-state index >= 15 is 0 Å². The fourth-order valence-corrected chi connectivity index (χ4v) is 5.76. The standard InChI is InChI=1S/C31H24N4O4S/c1-39-24-17-13-22(14-18-24)31-35(27(36)19-40-31)33-29(37)21-11-15-23(16-12-21)34-28(20-7-3-2-4-8-20)32-26-10-6-5-9-25(26)30(34)38/h2-18,31H,19H2,1H3,(H,33,37). The van der Waals surface area contributed by atoms with Crippen molar-refractivity contribution in [1.29, 1.82) is 0 Å². The molecule has 4 aromatic carbocycles. The van der Waals surface area contributed by atoms with E-state index in [0.717, 1.165) is 11.1 Å². The number of nitrogens with one attached hydrogen (secondary N) is 1. The smallest absolute Gasteiger partial charge is 0.269 e. The van der Waals surface area contributed by atoms with Crippen LogP contribution in [0.1, 0.15) is 21.3 Å². The van der Waals surface area contributed by atoms with Crippen LogP contribution in [0.15, 0.2) is 108 Å². The molecule has 0 aliphatic carbocycles. The number of ether oxygens (including phenoxy) is 1. The van der Waals surface area contributed by atoms with E-state index in [4.69, 9.17) is 9.72 Å². The number of nitrogens with zero attached hydrogens (tertiary/aromatic N) is 3. The van der Waals surface area contributed by atoms with E-state index in [1.165, 1.54) is 16.8 Å². The lowest BCUT2D eigenvalue weighted by Gasteiger charge is -2.24. The van der Waals surface area contributed by atoms with Gasteiger partial charge in [-0.2, -0.15) is 0 Å². The number of hydrogen-bond donors (Lipinski definition) is 1. The fraction of sp³-hybridized carbons (Fsp3) is 0.0968. The van der Waals surface area contributed by atoms with Crippen molar-refractivity contribution < 1.29 is 14.3 Å². The molecule has 1 N–H and O–H groups in total. The largest absolute Gasteiger partial charge is 0.497 e. The van der Waals surface area contributed by atoms with Crippen molar-refractivity contribution in [2.24, 2.45) is 0 Å². The van der Waals surface area contributed by atoms with E-state index in [0.29, 0.717) is 33.7 Å². The third kappa shape index (κ3) is 4.71. The van der Waals surface area contributed by atoms with Crippen LogP contribution in [0, 0.1) is 0 Å². The van der Waals surface area contributed by atoms with Gasteiger partial charge < -0.3 is 4.74 Å². The van der Waals surface area contributed by atoms with Gasteiger partial charge >= 0.3 is 0 Å². The summed E-state index contributed by atoms with van der Waals surface area (Å²) in [6.07, 6.45) is 0. The number of amides is 2. The highest BCUT2D eigenvalue weighted by molar-refractivity contribution is 8.00. The quantitative estimate of drug-likeness (QED) is 0.322. The van der Waals surface area contributed by atoms with Crippen LogP contribution in [-0.2, 0) is 4.79 Å². The van der Waals surface area contributed by atoms with Gasteiger partial charge in [-0.05, 0) is 54.1 Å². The van der Waals surface area contributed by atoms with Gasteiger partial charge in [0.15, 0.2) is 0 Å². The summed E-state index contributed by atoms with van der Waals surface area (Å²) in [5, 5.41) is 1.52. The van der Waals surface area contributed by atoms with Crippen molar-refractivity contribution in [3.8, 4) is 22.8 Å². The summed E-state index contributed by atoms with van der Waals surface area (Å²) in [5.74, 6) is 0.870. The van der Waals surface area contributed by atoms with Crippen LogP contribution in [0.25, 0.3) is 28.0 Å². The molecule has 198 valence electrons. The molecule has 0 saturated carbocycles. The lowest BCUT2D eigenvalue weighted by atomic mass is 10.1. The van der Waals surface area contributed by atoms with Gasteiger partial charge in [0.05, 0.1) is 29.5 Å². The Labute approximate surface area is 234 Å². The second kappa shape index (κ2) is 10.7. The zero-order valence-corrected chi connectivity index (χ0v) is 22.3. The van der Waals surface area contributed by atoms with Crippen molar-refractivity contribution in [2.75, 3.05) is 12.9 Å². The number of fused-ring (bicyclic) bond motifs is 1. The molecule has 1 saturated heterocycles. The molecule has 1 atom stereocenters. The molecule has 0 bridgehead atoms. The number of para-hydroxylation sites is 1. The summed E-state index contributed by atoms with van der Waals surface area (Å²) in [6, 6.07) is 30.8. The molecule has 1 aliphatic heterocycles. The molecule has 6 rings (SSSR count). The average molecular weight is 549 g/mol. The Balaban J connectivity index is 1.30. The number of hydrogen-bond acceptors (Lipinski definition) is 6. The highest BCUT2D eigenvalue weighted by Crippen LogP contribution is 2.38. The number of methoxy groups -OCH3 is 1. The van der Waals surface area contributed by atoms with Gasteiger partial charge in [-0.1, -0.05) is 54.6 Å². The first-order valence-corrected chi connectivity index (χ1v) is 13.6. The van der Waals surface area contributed by atoms with Crippen LogP contribution in [-0.4, -0.2) is 39.2 Å². The molecule has 1 unspecified atom stereocenters. The Morgan fingerprint density at radius 3 is 2.33 bits per heavy atom. The molecule has 2 heterocycles. The van der Waals surface area contributed by atoms with Gasteiger partial charge in [0, 0.05) is 11.1 Å².